The number of ether oxygens (including phenoxy) is 1. The molecule has 0 N–H and O–H groups in total. The van der Waals surface area contributed by atoms with Crippen molar-refractivity contribution >= 4 is 17.0 Å². The number of carbonyl (C=O) groups is 1. The Kier molecular flexibility index (Phi) is 4.84. The topological polar surface area (TPSA) is 61.2 Å². The highest BCUT2D eigenvalue weighted by Gasteiger charge is 2.16. The molecule has 26 heavy (non-hydrogen) atoms. The van der Waals surface area contributed by atoms with Crippen molar-refractivity contribution in [3.8, 4) is 0 Å². The Bertz CT molecular complexity index is 1030. The lowest BCUT2D eigenvalue weighted by Gasteiger charge is -2.14. The van der Waals surface area contributed by atoms with Gasteiger partial charge in [0.15, 0.2) is 0 Å². The molecule has 0 aliphatic heterocycles. The third-order valence-electron chi connectivity index (χ3n) is 4.28. The Morgan fingerprint density at radius 2 is 1.92 bits per heavy atom. The zero-order valence-corrected chi connectivity index (χ0v) is 14.8. The fourth-order valence-corrected chi connectivity index (χ4v) is 2.85. The van der Waals surface area contributed by atoms with Gasteiger partial charge in [0.25, 0.3) is 5.56 Å². The summed E-state index contributed by atoms with van der Waals surface area (Å²) < 4.78 is 20.1. The molecule has 0 spiro atoms. The van der Waals surface area contributed by atoms with Gasteiger partial charge in [0, 0.05) is 6.54 Å². The van der Waals surface area contributed by atoms with E-state index in [2.05, 4.69) is 4.98 Å². The normalized spacial score (nSPS) is 12.2. The smallest absolute Gasteiger partial charge is 0.338 e. The number of halogens is 1. The molecule has 134 valence electrons. The molecule has 0 amide bonds. The molecule has 0 fully saturated rings. The molecule has 3 rings (SSSR count). The molecule has 5 nitrogen and oxygen atoms in total. The number of rotatable bonds is 4. The van der Waals surface area contributed by atoms with Gasteiger partial charge in [0.2, 0.25) is 0 Å². The average molecular weight is 354 g/mol. The Morgan fingerprint density at radius 3 is 2.58 bits per heavy atom. The molecule has 1 heterocycles. The van der Waals surface area contributed by atoms with Crippen LogP contribution in [0.3, 0.4) is 0 Å². The van der Waals surface area contributed by atoms with E-state index in [4.69, 9.17) is 4.74 Å². The number of carbonyl (C=O) groups excluding carboxylic acids is 1. The van der Waals surface area contributed by atoms with Gasteiger partial charge in [-0.05, 0) is 56.7 Å². The van der Waals surface area contributed by atoms with Crippen LogP contribution in [0.15, 0.2) is 47.3 Å². The maximum Gasteiger partial charge on any atom is 0.338 e. The van der Waals surface area contributed by atoms with Crippen LogP contribution in [-0.4, -0.2) is 15.5 Å². The molecule has 6 heteroatoms. The fraction of sp³-hybridized carbons (Fsp3) is 0.250. The standard InChI is InChI=1S/C20H19FN2O3/c1-4-23-18-10-7-15(11-17(18)22-12(2)19(23)24)20(25)26-13(3)14-5-8-16(21)9-6-14/h5-11,13H,4H2,1-3H3/t13-/m0/s1. The third-order valence-corrected chi connectivity index (χ3v) is 4.28. The zero-order chi connectivity index (χ0) is 18.8. The molecule has 0 aliphatic rings. The molecule has 0 aliphatic carbocycles. The lowest BCUT2D eigenvalue weighted by atomic mass is 10.1. The van der Waals surface area contributed by atoms with Crippen LogP contribution in [0.1, 0.15) is 41.6 Å². The first kappa shape index (κ1) is 17.8. The Hall–Kier alpha value is -3.02. The van der Waals surface area contributed by atoms with Crippen molar-refractivity contribution < 1.29 is 13.9 Å². The summed E-state index contributed by atoms with van der Waals surface area (Å²) in [6, 6.07) is 10.8. The van der Waals surface area contributed by atoms with Crippen molar-refractivity contribution in [3.05, 3.63) is 75.5 Å². The minimum absolute atomic E-state index is 0.139. The second-order valence-corrected chi connectivity index (χ2v) is 6.05. The van der Waals surface area contributed by atoms with Crippen LogP contribution in [0.4, 0.5) is 4.39 Å². The van der Waals surface area contributed by atoms with Gasteiger partial charge in [0.05, 0.1) is 16.6 Å². The van der Waals surface area contributed by atoms with E-state index in [1.54, 1.807) is 48.7 Å². The zero-order valence-electron chi connectivity index (χ0n) is 14.8. The predicted molar refractivity (Wildman–Crippen MR) is 96.6 cm³/mol. The summed E-state index contributed by atoms with van der Waals surface area (Å²) in [6.45, 7) is 5.77. The first-order chi connectivity index (χ1) is 12.4. The number of esters is 1. The maximum absolute atomic E-state index is 13.0. The van der Waals surface area contributed by atoms with E-state index >= 15 is 0 Å². The molecule has 0 radical (unpaired) electrons. The highest BCUT2D eigenvalue weighted by molar-refractivity contribution is 5.93. The lowest BCUT2D eigenvalue weighted by Crippen LogP contribution is -2.23. The van der Waals surface area contributed by atoms with Crippen molar-refractivity contribution in [2.75, 3.05) is 0 Å². The van der Waals surface area contributed by atoms with E-state index < -0.39 is 12.1 Å². The Labute approximate surface area is 150 Å². The second-order valence-electron chi connectivity index (χ2n) is 6.05. The minimum Gasteiger partial charge on any atom is -0.454 e. The number of benzene rings is 2. The monoisotopic (exact) mass is 354 g/mol. The van der Waals surface area contributed by atoms with Gasteiger partial charge in [-0.2, -0.15) is 0 Å². The summed E-state index contributed by atoms with van der Waals surface area (Å²) >= 11 is 0. The average Bonchev–Trinajstić information content (AvgIpc) is 2.63. The van der Waals surface area contributed by atoms with Crippen LogP contribution in [0.2, 0.25) is 0 Å². The summed E-state index contributed by atoms with van der Waals surface area (Å²) in [5.41, 5.74) is 2.53. The van der Waals surface area contributed by atoms with Crippen molar-refractivity contribution in [3.63, 3.8) is 0 Å². The first-order valence-corrected chi connectivity index (χ1v) is 8.38. The van der Waals surface area contributed by atoms with E-state index in [1.165, 1.54) is 12.1 Å². The van der Waals surface area contributed by atoms with Crippen LogP contribution >= 0.6 is 0 Å². The Morgan fingerprint density at radius 1 is 1.23 bits per heavy atom. The van der Waals surface area contributed by atoms with Crippen LogP contribution < -0.4 is 5.56 Å². The van der Waals surface area contributed by atoms with Crippen LogP contribution in [0.25, 0.3) is 11.0 Å². The third kappa shape index (κ3) is 3.35. The van der Waals surface area contributed by atoms with Gasteiger partial charge in [-0.25, -0.2) is 14.2 Å². The largest absolute Gasteiger partial charge is 0.454 e. The first-order valence-electron chi connectivity index (χ1n) is 8.38. The van der Waals surface area contributed by atoms with Crippen molar-refractivity contribution in [2.24, 2.45) is 0 Å². The van der Waals surface area contributed by atoms with Crippen molar-refractivity contribution in [1.29, 1.82) is 0 Å². The maximum atomic E-state index is 13.0. The van der Waals surface area contributed by atoms with Crippen LogP contribution in [-0.2, 0) is 11.3 Å². The summed E-state index contributed by atoms with van der Waals surface area (Å²) in [6.07, 6.45) is -0.516. The molecular formula is C20H19FN2O3. The fourth-order valence-electron chi connectivity index (χ4n) is 2.85. The van der Waals surface area contributed by atoms with Crippen molar-refractivity contribution in [1.82, 2.24) is 9.55 Å². The lowest BCUT2D eigenvalue weighted by molar-refractivity contribution is 0.0338. The Balaban J connectivity index is 1.90. The van der Waals surface area contributed by atoms with Gasteiger partial charge >= 0.3 is 5.97 Å². The minimum atomic E-state index is -0.516. The van der Waals surface area contributed by atoms with E-state index in [9.17, 15) is 14.0 Å². The molecule has 0 saturated heterocycles. The molecule has 0 bridgehead atoms. The summed E-state index contributed by atoms with van der Waals surface area (Å²) in [5, 5.41) is 0. The summed E-state index contributed by atoms with van der Waals surface area (Å²) in [4.78, 5) is 28.9. The number of hydrogen-bond donors (Lipinski definition) is 0. The molecule has 0 saturated carbocycles. The molecule has 1 aromatic heterocycles. The molecule has 1 atom stereocenters. The van der Waals surface area contributed by atoms with Gasteiger partial charge in [-0.3, -0.25) is 4.79 Å². The van der Waals surface area contributed by atoms with Crippen molar-refractivity contribution in [2.45, 2.75) is 33.4 Å². The van der Waals surface area contributed by atoms with Gasteiger partial charge in [0.1, 0.15) is 17.6 Å². The second kappa shape index (κ2) is 7.07. The van der Waals surface area contributed by atoms with Crippen LogP contribution in [0.5, 0.6) is 0 Å². The highest BCUT2D eigenvalue weighted by Crippen LogP contribution is 2.20. The molecule has 3 aromatic rings. The van der Waals surface area contributed by atoms with E-state index in [0.717, 1.165) is 0 Å². The van der Waals surface area contributed by atoms with E-state index in [0.29, 0.717) is 34.4 Å². The molecule has 2 aromatic carbocycles. The summed E-state index contributed by atoms with van der Waals surface area (Å²) in [7, 11) is 0. The van der Waals surface area contributed by atoms with E-state index in [1.807, 2.05) is 6.92 Å². The number of aromatic nitrogens is 2. The predicted octanol–water partition coefficient (Wildman–Crippen LogP) is 3.78. The van der Waals surface area contributed by atoms with Gasteiger partial charge in [-0.15, -0.1) is 0 Å². The SMILES string of the molecule is CCn1c(=O)c(C)nc2cc(C(=O)O[C@@H](C)c3ccc(F)cc3)ccc21. The number of nitrogens with zero attached hydrogens (tertiary/aromatic N) is 2. The number of fused-ring (bicyclic) bond motifs is 1. The van der Waals surface area contributed by atoms with Gasteiger partial charge in [-0.1, -0.05) is 12.1 Å². The van der Waals surface area contributed by atoms with E-state index in [-0.39, 0.29) is 11.4 Å². The number of aryl methyl sites for hydroxylation is 2. The number of hydrogen-bond acceptors (Lipinski definition) is 4. The molecular weight excluding hydrogens is 335 g/mol. The molecule has 0 unspecified atom stereocenters. The highest BCUT2D eigenvalue weighted by atomic mass is 19.1. The van der Waals surface area contributed by atoms with Gasteiger partial charge < -0.3 is 9.30 Å². The summed E-state index contributed by atoms with van der Waals surface area (Å²) in [5.74, 6) is -0.845. The van der Waals surface area contributed by atoms with Crippen LogP contribution in [0, 0.1) is 12.7 Å². The quantitative estimate of drug-likeness (QED) is 0.669.